The van der Waals surface area contributed by atoms with Crippen molar-refractivity contribution in [3.8, 4) is 6.07 Å². The van der Waals surface area contributed by atoms with Crippen LogP contribution in [-0.4, -0.2) is 15.9 Å². The van der Waals surface area contributed by atoms with Crippen LogP contribution in [0.1, 0.15) is 15.9 Å². The largest absolute Gasteiger partial charge is 0.321 e. The molecule has 1 aromatic carbocycles. The molecule has 0 saturated heterocycles. The summed E-state index contributed by atoms with van der Waals surface area (Å²) < 4.78 is 13.7. The molecule has 3 aromatic rings. The van der Waals surface area contributed by atoms with Crippen LogP contribution in [0.3, 0.4) is 0 Å². The first-order valence-electron chi connectivity index (χ1n) is 6.39. The number of pyridine rings is 2. The summed E-state index contributed by atoms with van der Waals surface area (Å²) in [5.41, 5.74) is 1.05. The Bertz CT molecular complexity index is 917. The second kappa shape index (κ2) is 5.58. The van der Waals surface area contributed by atoms with Gasteiger partial charge in [0.1, 0.15) is 11.9 Å². The van der Waals surface area contributed by atoms with Gasteiger partial charge in [-0.2, -0.15) is 5.26 Å². The summed E-state index contributed by atoms with van der Waals surface area (Å²) in [6.45, 7) is 0. The van der Waals surface area contributed by atoms with E-state index in [9.17, 15) is 9.18 Å². The number of hydrogen-bond donors (Lipinski definition) is 1. The monoisotopic (exact) mass is 292 g/mol. The van der Waals surface area contributed by atoms with Gasteiger partial charge < -0.3 is 5.32 Å². The van der Waals surface area contributed by atoms with Gasteiger partial charge in [0.25, 0.3) is 5.91 Å². The normalized spacial score (nSPS) is 10.2. The molecule has 0 aliphatic heterocycles. The number of aromatic nitrogens is 2. The molecule has 5 nitrogen and oxygen atoms in total. The minimum atomic E-state index is -0.536. The van der Waals surface area contributed by atoms with Crippen molar-refractivity contribution in [2.75, 3.05) is 5.32 Å². The van der Waals surface area contributed by atoms with Gasteiger partial charge in [0.15, 0.2) is 0 Å². The number of halogens is 1. The predicted octanol–water partition coefficient (Wildman–Crippen LogP) is 2.89. The number of benzene rings is 1. The molecule has 0 bridgehead atoms. The Balaban J connectivity index is 2.05. The van der Waals surface area contributed by atoms with Gasteiger partial charge in [-0.15, -0.1) is 0 Å². The molecule has 1 N–H and O–H groups in total. The van der Waals surface area contributed by atoms with E-state index < -0.39 is 11.7 Å². The van der Waals surface area contributed by atoms with E-state index in [0.717, 1.165) is 6.07 Å². The van der Waals surface area contributed by atoms with Gasteiger partial charge in [0, 0.05) is 24.0 Å². The Labute approximate surface area is 125 Å². The lowest BCUT2D eigenvalue weighted by Crippen LogP contribution is -2.14. The first kappa shape index (κ1) is 13.6. The van der Waals surface area contributed by atoms with Crippen LogP contribution < -0.4 is 5.32 Å². The maximum absolute atomic E-state index is 13.7. The van der Waals surface area contributed by atoms with Crippen LogP contribution in [0.5, 0.6) is 0 Å². The zero-order chi connectivity index (χ0) is 15.5. The third kappa shape index (κ3) is 2.47. The van der Waals surface area contributed by atoms with E-state index in [1.807, 2.05) is 6.07 Å². The lowest BCUT2D eigenvalue weighted by atomic mass is 10.1. The van der Waals surface area contributed by atoms with Crippen molar-refractivity contribution in [2.24, 2.45) is 0 Å². The molecule has 0 spiro atoms. The Kier molecular flexibility index (Phi) is 3.46. The summed E-state index contributed by atoms with van der Waals surface area (Å²) in [6.07, 6.45) is 4.33. The molecule has 0 radical (unpaired) electrons. The Morgan fingerprint density at radius 1 is 1.27 bits per heavy atom. The fourth-order valence-electron chi connectivity index (χ4n) is 2.11. The third-order valence-corrected chi connectivity index (χ3v) is 3.10. The second-order valence-electron chi connectivity index (χ2n) is 4.52. The Morgan fingerprint density at radius 3 is 2.95 bits per heavy atom. The van der Waals surface area contributed by atoms with Gasteiger partial charge in [-0.1, -0.05) is 6.07 Å². The van der Waals surface area contributed by atoms with E-state index in [1.54, 1.807) is 12.1 Å². The summed E-state index contributed by atoms with van der Waals surface area (Å²) >= 11 is 0. The van der Waals surface area contributed by atoms with Crippen LogP contribution in [0.15, 0.2) is 48.9 Å². The Morgan fingerprint density at radius 2 is 2.14 bits per heavy atom. The van der Waals surface area contributed by atoms with Crippen LogP contribution in [0.4, 0.5) is 10.1 Å². The number of amides is 1. The highest BCUT2D eigenvalue weighted by Gasteiger charge is 2.14. The van der Waals surface area contributed by atoms with Gasteiger partial charge >= 0.3 is 0 Å². The molecule has 2 aromatic heterocycles. The van der Waals surface area contributed by atoms with E-state index >= 15 is 0 Å². The van der Waals surface area contributed by atoms with E-state index in [1.165, 1.54) is 30.7 Å². The number of nitrogens with zero attached hydrogens (tertiary/aromatic N) is 3. The molecular weight excluding hydrogens is 283 g/mol. The van der Waals surface area contributed by atoms with Crippen molar-refractivity contribution in [3.63, 3.8) is 0 Å². The van der Waals surface area contributed by atoms with Crippen molar-refractivity contribution >= 4 is 22.5 Å². The van der Waals surface area contributed by atoms with E-state index in [-0.39, 0.29) is 11.1 Å². The first-order valence-corrected chi connectivity index (χ1v) is 6.39. The number of hydrogen-bond acceptors (Lipinski definition) is 4. The standard InChI is InChI=1S/C16H9FN4O/c17-12-6-10-2-1-4-20-15(10)13(7-12)16(22)21-14-3-5-19-9-11(14)8-18/h1-7,9H,(H,19,21,22). The average molecular weight is 292 g/mol. The average Bonchev–Trinajstić information content (AvgIpc) is 2.54. The maximum Gasteiger partial charge on any atom is 0.258 e. The van der Waals surface area contributed by atoms with Crippen LogP contribution in [0, 0.1) is 17.1 Å². The van der Waals surface area contributed by atoms with E-state index in [4.69, 9.17) is 5.26 Å². The van der Waals surface area contributed by atoms with Crippen molar-refractivity contribution in [2.45, 2.75) is 0 Å². The molecule has 1 amide bonds. The highest BCUT2D eigenvalue weighted by molar-refractivity contribution is 6.12. The maximum atomic E-state index is 13.7. The van der Waals surface area contributed by atoms with Crippen molar-refractivity contribution in [1.29, 1.82) is 5.26 Å². The van der Waals surface area contributed by atoms with E-state index in [0.29, 0.717) is 16.6 Å². The lowest BCUT2D eigenvalue weighted by molar-refractivity contribution is 0.102. The van der Waals surface area contributed by atoms with Crippen LogP contribution >= 0.6 is 0 Å². The summed E-state index contributed by atoms with van der Waals surface area (Å²) in [4.78, 5) is 20.3. The van der Waals surface area contributed by atoms with Crippen LogP contribution in [0.2, 0.25) is 0 Å². The number of rotatable bonds is 2. The number of anilines is 1. The van der Waals surface area contributed by atoms with Crippen molar-refractivity contribution < 1.29 is 9.18 Å². The molecule has 0 atom stereocenters. The summed E-state index contributed by atoms with van der Waals surface area (Å²) in [5, 5.41) is 12.1. The number of carbonyl (C=O) groups excluding carboxylic acids is 1. The number of nitriles is 1. The number of fused-ring (bicyclic) bond motifs is 1. The molecule has 2 heterocycles. The zero-order valence-corrected chi connectivity index (χ0v) is 11.2. The zero-order valence-electron chi connectivity index (χ0n) is 11.2. The van der Waals surface area contributed by atoms with Crippen molar-refractivity contribution in [3.05, 3.63) is 65.9 Å². The lowest BCUT2D eigenvalue weighted by Gasteiger charge is -2.08. The highest BCUT2D eigenvalue weighted by atomic mass is 19.1. The molecular formula is C16H9FN4O. The summed E-state index contributed by atoms with van der Waals surface area (Å²) in [6, 6.07) is 9.22. The molecule has 106 valence electrons. The molecule has 0 unspecified atom stereocenters. The Hall–Kier alpha value is -3.33. The topological polar surface area (TPSA) is 78.7 Å². The van der Waals surface area contributed by atoms with Crippen LogP contribution in [0.25, 0.3) is 10.9 Å². The molecule has 0 saturated carbocycles. The quantitative estimate of drug-likeness (QED) is 0.787. The van der Waals surface area contributed by atoms with Crippen molar-refractivity contribution in [1.82, 2.24) is 9.97 Å². The molecule has 6 heteroatoms. The molecule has 22 heavy (non-hydrogen) atoms. The summed E-state index contributed by atoms with van der Waals surface area (Å²) in [7, 11) is 0. The minimum Gasteiger partial charge on any atom is -0.321 e. The molecule has 0 aliphatic rings. The van der Waals surface area contributed by atoms with Gasteiger partial charge in [-0.25, -0.2) is 4.39 Å². The summed E-state index contributed by atoms with van der Waals surface area (Å²) in [5.74, 6) is -1.06. The molecule has 0 fully saturated rings. The second-order valence-corrected chi connectivity index (χ2v) is 4.52. The smallest absolute Gasteiger partial charge is 0.258 e. The number of carbonyl (C=O) groups is 1. The predicted molar refractivity (Wildman–Crippen MR) is 78.6 cm³/mol. The number of nitrogens with one attached hydrogen (secondary N) is 1. The fourth-order valence-corrected chi connectivity index (χ4v) is 2.11. The van der Waals surface area contributed by atoms with Gasteiger partial charge in [-0.3, -0.25) is 14.8 Å². The van der Waals surface area contributed by atoms with E-state index in [2.05, 4.69) is 15.3 Å². The van der Waals surface area contributed by atoms with Gasteiger partial charge in [0.2, 0.25) is 0 Å². The van der Waals surface area contributed by atoms with Gasteiger partial charge in [-0.05, 0) is 24.3 Å². The van der Waals surface area contributed by atoms with Crippen LogP contribution in [-0.2, 0) is 0 Å². The molecule has 0 aliphatic carbocycles. The molecule has 3 rings (SSSR count). The van der Waals surface area contributed by atoms with Gasteiger partial charge in [0.05, 0.1) is 22.3 Å². The third-order valence-electron chi connectivity index (χ3n) is 3.10. The minimum absolute atomic E-state index is 0.108. The first-order chi connectivity index (χ1) is 10.7. The SMILES string of the molecule is N#Cc1cnccc1NC(=O)c1cc(F)cc2cccnc12. The fraction of sp³-hybridized carbons (Fsp3) is 0. The highest BCUT2D eigenvalue weighted by Crippen LogP contribution is 2.20.